The zero-order valence-electron chi connectivity index (χ0n) is 13.7. The first-order valence-corrected chi connectivity index (χ1v) is 6.53. The number of carboxylic acids is 1. The van der Waals surface area contributed by atoms with E-state index in [0.717, 1.165) is 0 Å². The number of carbonyl (C=O) groups is 2. The molecule has 0 heterocycles. The molecule has 1 N–H and O–H groups in total. The average Bonchev–Trinajstić information content (AvgIpc) is 2.17. The van der Waals surface area contributed by atoms with Crippen LogP contribution in [0.5, 0.6) is 0 Å². The molecule has 0 spiro atoms. The minimum atomic E-state index is -1.14. The van der Waals surface area contributed by atoms with E-state index >= 15 is 0 Å². The number of hydrogen-bond acceptors (Lipinski definition) is 4. The van der Waals surface area contributed by atoms with Gasteiger partial charge in [-0.15, -0.1) is 12.2 Å². The molecule has 0 saturated heterocycles. The molecule has 20 heavy (non-hydrogen) atoms. The van der Waals surface area contributed by atoms with Crippen molar-refractivity contribution in [2.45, 2.75) is 73.5 Å². The minimum absolute atomic E-state index is 0. The first-order valence-electron chi connectivity index (χ1n) is 6.53. The summed E-state index contributed by atoms with van der Waals surface area (Å²) in [5.74, 6) is -1.26. The van der Waals surface area contributed by atoms with E-state index in [1.54, 1.807) is 41.5 Å². The number of Topliss-reactive ketones (excluding diaryl/α,β-unsaturated/α-hetero) is 1. The number of ketones is 1. The van der Waals surface area contributed by atoms with Gasteiger partial charge in [0, 0.05) is 0 Å². The molecule has 0 amide bonds. The van der Waals surface area contributed by atoms with Crippen molar-refractivity contribution in [1.82, 2.24) is 0 Å². The number of carbonyl (C=O) groups excluding carboxylic acids is 1. The zero-order valence-corrected chi connectivity index (χ0v) is 14.9. The summed E-state index contributed by atoms with van der Waals surface area (Å²) in [5.41, 5.74) is -1.14. The van der Waals surface area contributed by atoms with Gasteiger partial charge in [-0.05, 0) is 19.8 Å². The topological polar surface area (TPSA) is 100 Å². The predicted octanol–water partition coefficient (Wildman–Crippen LogP) is 0.596. The Balaban J connectivity index is -0.000000119. The van der Waals surface area contributed by atoms with E-state index in [1.807, 2.05) is 0 Å². The summed E-state index contributed by atoms with van der Waals surface area (Å²) in [6, 6.07) is 0. The molecule has 6 heteroatoms. The van der Waals surface area contributed by atoms with E-state index in [2.05, 4.69) is 0 Å². The summed E-state index contributed by atoms with van der Waals surface area (Å²) in [6.07, 6.45) is -0.0949. The van der Waals surface area contributed by atoms with Gasteiger partial charge in [0.2, 0.25) is 0 Å². The van der Waals surface area contributed by atoms with Crippen LogP contribution in [-0.2, 0) is 9.59 Å². The second kappa shape index (κ2) is 15.0. The Bertz CT molecular complexity index is 220. The van der Waals surface area contributed by atoms with Crippen LogP contribution in [0.25, 0.3) is 0 Å². The standard InChI is InChI=1S/C8H14O3.2C3H7O.Al/c1-4-8(5-2,6(3)9)7(10)11;2*1-3(2)4;/h4-5H2,1-3H3,(H,10,11);2*3H,1-2H3;/q;2*-1;+2. The van der Waals surface area contributed by atoms with E-state index in [0.29, 0.717) is 12.8 Å². The van der Waals surface area contributed by atoms with E-state index in [9.17, 15) is 19.8 Å². The molecule has 0 saturated carbocycles. The van der Waals surface area contributed by atoms with Crippen LogP contribution in [0.3, 0.4) is 0 Å². The molecule has 0 unspecified atom stereocenters. The van der Waals surface area contributed by atoms with Gasteiger partial charge in [-0.3, -0.25) is 9.59 Å². The maximum absolute atomic E-state index is 11.0. The summed E-state index contributed by atoms with van der Waals surface area (Å²) in [4.78, 5) is 21.7. The number of rotatable bonds is 4. The van der Waals surface area contributed by atoms with Gasteiger partial charge in [0.25, 0.3) is 0 Å². The Labute approximate surface area is 133 Å². The molecule has 0 aromatic heterocycles. The van der Waals surface area contributed by atoms with Gasteiger partial charge in [-0.1, -0.05) is 41.5 Å². The second-order valence-corrected chi connectivity index (χ2v) is 4.75. The van der Waals surface area contributed by atoms with E-state index < -0.39 is 23.6 Å². The molecule has 0 fully saturated rings. The molecule has 0 rings (SSSR count). The fraction of sp³-hybridized carbons (Fsp3) is 0.857. The van der Waals surface area contributed by atoms with Crippen LogP contribution in [0, 0.1) is 5.41 Å². The maximum atomic E-state index is 11.0. The van der Waals surface area contributed by atoms with Crippen molar-refractivity contribution < 1.29 is 24.9 Å². The van der Waals surface area contributed by atoms with E-state index in [1.165, 1.54) is 6.92 Å². The van der Waals surface area contributed by atoms with Gasteiger partial charge in [0.15, 0.2) is 0 Å². The normalized spacial score (nSPS) is 9.75. The largest absolute Gasteiger partial charge is 2.00 e. The molecule has 0 aliphatic rings. The van der Waals surface area contributed by atoms with Crippen LogP contribution in [0.2, 0.25) is 0 Å². The molecule has 0 aromatic carbocycles. The Hall–Kier alpha value is -0.408. The van der Waals surface area contributed by atoms with Crippen LogP contribution in [-0.4, -0.2) is 46.4 Å². The molecule has 0 bridgehead atoms. The van der Waals surface area contributed by atoms with Crippen molar-refractivity contribution in [2.24, 2.45) is 5.41 Å². The number of aliphatic carboxylic acids is 1. The minimum Gasteiger partial charge on any atom is -0.852 e. The molecule has 0 aliphatic carbocycles. The van der Waals surface area contributed by atoms with E-state index in [4.69, 9.17) is 5.11 Å². The van der Waals surface area contributed by atoms with Gasteiger partial charge >= 0.3 is 23.3 Å². The molecule has 1 radical (unpaired) electrons. The Morgan fingerprint density at radius 3 is 1.20 bits per heavy atom. The third-order valence-electron chi connectivity index (χ3n) is 2.29. The Kier molecular flexibility index (Phi) is 20.9. The number of hydrogen-bond donors (Lipinski definition) is 1. The van der Waals surface area contributed by atoms with Crippen molar-refractivity contribution in [3.05, 3.63) is 0 Å². The van der Waals surface area contributed by atoms with Crippen molar-refractivity contribution in [3.63, 3.8) is 0 Å². The summed E-state index contributed by atoms with van der Waals surface area (Å²) in [6.45, 7) is 11.2. The predicted molar refractivity (Wildman–Crippen MR) is 77.4 cm³/mol. The quantitative estimate of drug-likeness (QED) is 0.605. The number of carboxylic acid groups (broad SMARTS) is 1. The fourth-order valence-electron chi connectivity index (χ4n) is 1.20. The van der Waals surface area contributed by atoms with Crippen molar-refractivity contribution in [2.75, 3.05) is 0 Å². The first-order chi connectivity index (χ1) is 8.47. The fourth-order valence-corrected chi connectivity index (χ4v) is 1.20. The van der Waals surface area contributed by atoms with Gasteiger partial charge in [-0.25, -0.2) is 0 Å². The van der Waals surface area contributed by atoms with Crippen LogP contribution in [0.4, 0.5) is 0 Å². The molecule has 117 valence electrons. The molecule has 0 aromatic rings. The Morgan fingerprint density at radius 1 is 1.00 bits per heavy atom. The van der Waals surface area contributed by atoms with Crippen LogP contribution >= 0.6 is 0 Å². The second-order valence-electron chi connectivity index (χ2n) is 4.75. The summed E-state index contributed by atoms with van der Waals surface area (Å²) in [5, 5.41) is 27.8. The van der Waals surface area contributed by atoms with Crippen LogP contribution in [0.1, 0.15) is 61.3 Å². The Morgan fingerprint density at radius 2 is 1.20 bits per heavy atom. The zero-order chi connectivity index (χ0) is 16.2. The third-order valence-corrected chi connectivity index (χ3v) is 2.29. The van der Waals surface area contributed by atoms with Crippen LogP contribution < -0.4 is 10.2 Å². The maximum Gasteiger partial charge on any atom is 2.00 e. The summed E-state index contributed by atoms with van der Waals surface area (Å²) in [7, 11) is 0. The molecular weight excluding hydrogens is 275 g/mol. The molecular formula is C14H28AlO5. The van der Waals surface area contributed by atoms with E-state index in [-0.39, 0.29) is 23.1 Å². The van der Waals surface area contributed by atoms with Gasteiger partial charge in [0.05, 0.1) is 0 Å². The summed E-state index contributed by atoms with van der Waals surface area (Å²) >= 11 is 0. The summed E-state index contributed by atoms with van der Waals surface area (Å²) < 4.78 is 0. The van der Waals surface area contributed by atoms with Crippen LogP contribution in [0.15, 0.2) is 0 Å². The smallest absolute Gasteiger partial charge is 0.852 e. The van der Waals surface area contributed by atoms with Gasteiger partial charge < -0.3 is 15.3 Å². The van der Waals surface area contributed by atoms with Crippen molar-refractivity contribution >= 4 is 29.1 Å². The first kappa shape index (κ1) is 27.9. The van der Waals surface area contributed by atoms with Crippen molar-refractivity contribution in [1.29, 1.82) is 0 Å². The third kappa shape index (κ3) is 15.6. The van der Waals surface area contributed by atoms with Crippen molar-refractivity contribution in [3.8, 4) is 0 Å². The molecule has 5 nitrogen and oxygen atoms in total. The average molecular weight is 303 g/mol. The molecule has 0 atom stereocenters. The SMILES string of the molecule is CC(C)[O-].CC(C)[O-].CCC(CC)(C(C)=O)C(=O)O.[Al+2]. The van der Waals surface area contributed by atoms with Gasteiger partial charge in [0.1, 0.15) is 11.2 Å². The monoisotopic (exact) mass is 303 g/mol. The molecule has 0 aliphatic heterocycles. The van der Waals surface area contributed by atoms with Gasteiger partial charge in [-0.2, -0.15) is 0 Å².